The number of halogens is 1. The average molecular weight is 284 g/mol. The zero-order valence-electron chi connectivity index (χ0n) is 11.8. The Morgan fingerprint density at radius 1 is 1.42 bits per heavy atom. The summed E-state index contributed by atoms with van der Waals surface area (Å²) < 4.78 is 5.73. The fourth-order valence-corrected chi connectivity index (χ4v) is 1.86. The quantitative estimate of drug-likeness (QED) is 0.645. The first-order chi connectivity index (χ1) is 9.06. The van der Waals surface area contributed by atoms with E-state index in [1.54, 1.807) is 6.07 Å². The molecule has 4 nitrogen and oxygen atoms in total. The van der Waals surface area contributed by atoms with Crippen LogP contribution in [0.5, 0.6) is 5.75 Å². The second kappa shape index (κ2) is 7.89. The van der Waals surface area contributed by atoms with Gasteiger partial charge < -0.3 is 15.4 Å². The van der Waals surface area contributed by atoms with Crippen LogP contribution in [-0.2, 0) is 0 Å². The van der Waals surface area contributed by atoms with E-state index in [4.69, 9.17) is 22.1 Å². The summed E-state index contributed by atoms with van der Waals surface area (Å²) in [6.45, 7) is 8.30. The molecule has 0 amide bonds. The molecule has 1 aromatic rings. The first-order valence-electron chi connectivity index (χ1n) is 6.53. The van der Waals surface area contributed by atoms with E-state index in [9.17, 15) is 0 Å². The van der Waals surface area contributed by atoms with Crippen molar-refractivity contribution in [1.29, 1.82) is 0 Å². The van der Waals surface area contributed by atoms with Gasteiger partial charge in [0.15, 0.2) is 5.96 Å². The molecule has 1 rings (SSSR count). The lowest BCUT2D eigenvalue weighted by Gasteiger charge is -2.20. The summed E-state index contributed by atoms with van der Waals surface area (Å²) in [4.78, 5) is 6.35. The number of rotatable bonds is 6. The maximum atomic E-state index is 5.90. The van der Waals surface area contributed by atoms with Gasteiger partial charge in [-0.25, -0.2) is 4.99 Å². The number of ether oxygens (including phenoxy) is 1. The third-order valence-electron chi connectivity index (χ3n) is 2.73. The van der Waals surface area contributed by atoms with Crippen LogP contribution in [0.1, 0.15) is 20.8 Å². The first-order valence-corrected chi connectivity index (χ1v) is 6.91. The van der Waals surface area contributed by atoms with Gasteiger partial charge in [-0.2, -0.15) is 0 Å². The molecule has 0 aliphatic carbocycles. The predicted octanol–water partition coefficient (Wildman–Crippen LogP) is 2.76. The molecule has 19 heavy (non-hydrogen) atoms. The molecule has 0 fully saturated rings. The SMILES string of the molecule is CCN(CC)C(N)=NCC(C)Oc1cccc(Cl)c1. The average Bonchev–Trinajstić information content (AvgIpc) is 2.38. The summed E-state index contributed by atoms with van der Waals surface area (Å²) in [5, 5.41) is 0.663. The van der Waals surface area contributed by atoms with Crippen molar-refractivity contribution >= 4 is 17.6 Å². The lowest BCUT2D eigenvalue weighted by atomic mass is 10.3. The number of nitrogens with zero attached hydrogens (tertiary/aromatic N) is 2. The lowest BCUT2D eigenvalue weighted by molar-refractivity contribution is 0.230. The summed E-state index contributed by atoms with van der Waals surface area (Å²) in [5.74, 6) is 1.31. The van der Waals surface area contributed by atoms with Crippen LogP contribution < -0.4 is 10.5 Å². The summed E-state index contributed by atoms with van der Waals surface area (Å²) in [6, 6.07) is 7.34. The molecule has 1 atom stereocenters. The number of aliphatic imine (C=N–C) groups is 1. The highest BCUT2D eigenvalue weighted by Gasteiger charge is 2.06. The zero-order valence-corrected chi connectivity index (χ0v) is 12.5. The summed E-state index contributed by atoms with van der Waals surface area (Å²) in [7, 11) is 0. The monoisotopic (exact) mass is 283 g/mol. The standard InChI is InChI=1S/C14H22ClN3O/c1-4-18(5-2)14(16)17-10-11(3)19-13-8-6-7-12(15)9-13/h6-9,11H,4-5,10H2,1-3H3,(H2,16,17). The van der Waals surface area contributed by atoms with E-state index < -0.39 is 0 Å². The first kappa shape index (κ1) is 15.6. The minimum absolute atomic E-state index is 0.0485. The highest BCUT2D eigenvalue weighted by atomic mass is 35.5. The fraction of sp³-hybridized carbons (Fsp3) is 0.500. The highest BCUT2D eigenvalue weighted by Crippen LogP contribution is 2.18. The maximum Gasteiger partial charge on any atom is 0.191 e. The van der Waals surface area contributed by atoms with E-state index in [-0.39, 0.29) is 6.10 Å². The van der Waals surface area contributed by atoms with Crippen molar-refractivity contribution in [2.75, 3.05) is 19.6 Å². The molecule has 2 N–H and O–H groups in total. The normalized spacial score (nSPS) is 13.2. The molecule has 5 heteroatoms. The molecule has 0 aromatic heterocycles. The molecule has 106 valence electrons. The maximum absolute atomic E-state index is 5.90. The van der Waals surface area contributed by atoms with Crippen molar-refractivity contribution in [2.45, 2.75) is 26.9 Å². The van der Waals surface area contributed by atoms with Gasteiger partial charge in [0, 0.05) is 18.1 Å². The van der Waals surface area contributed by atoms with E-state index in [0.717, 1.165) is 18.8 Å². The van der Waals surface area contributed by atoms with Crippen LogP contribution in [0, 0.1) is 0 Å². The van der Waals surface area contributed by atoms with Gasteiger partial charge in [0.1, 0.15) is 11.9 Å². The molecule has 0 saturated heterocycles. The smallest absolute Gasteiger partial charge is 0.191 e. The van der Waals surface area contributed by atoms with Gasteiger partial charge >= 0.3 is 0 Å². The summed E-state index contributed by atoms with van der Waals surface area (Å²) in [5.41, 5.74) is 5.90. The Kier molecular flexibility index (Phi) is 6.50. The van der Waals surface area contributed by atoms with Crippen LogP contribution in [0.25, 0.3) is 0 Å². The van der Waals surface area contributed by atoms with Crippen molar-refractivity contribution in [3.8, 4) is 5.75 Å². The van der Waals surface area contributed by atoms with Crippen molar-refractivity contribution in [3.63, 3.8) is 0 Å². The second-order valence-corrected chi connectivity index (χ2v) is 4.69. The molecule has 0 bridgehead atoms. The van der Waals surface area contributed by atoms with Crippen molar-refractivity contribution < 1.29 is 4.74 Å². The lowest BCUT2D eigenvalue weighted by Crippen LogP contribution is -2.37. The van der Waals surface area contributed by atoms with Crippen molar-refractivity contribution in [3.05, 3.63) is 29.3 Å². The van der Waals surface area contributed by atoms with Gasteiger partial charge in [-0.1, -0.05) is 17.7 Å². The molecule has 0 aliphatic heterocycles. The Hall–Kier alpha value is -1.42. The number of hydrogen-bond donors (Lipinski definition) is 1. The molecule has 1 unspecified atom stereocenters. The van der Waals surface area contributed by atoms with E-state index in [1.165, 1.54) is 0 Å². The number of guanidine groups is 1. The van der Waals surface area contributed by atoms with Gasteiger partial charge in [-0.05, 0) is 39.0 Å². The van der Waals surface area contributed by atoms with Crippen LogP contribution in [-0.4, -0.2) is 36.6 Å². The second-order valence-electron chi connectivity index (χ2n) is 4.26. The number of nitrogens with two attached hydrogens (primary N) is 1. The summed E-state index contributed by atoms with van der Waals surface area (Å²) >= 11 is 5.90. The van der Waals surface area contributed by atoms with Gasteiger partial charge in [0.2, 0.25) is 0 Å². The summed E-state index contributed by atoms with van der Waals surface area (Å²) in [6.07, 6.45) is -0.0485. The Morgan fingerprint density at radius 3 is 2.68 bits per heavy atom. The largest absolute Gasteiger partial charge is 0.489 e. The van der Waals surface area contributed by atoms with Gasteiger partial charge in [0.05, 0.1) is 6.54 Å². The van der Waals surface area contributed by atoms with E-state index in [0.29, 0.717) is 17.5 Å². The number of benzene rings is 1. The van der Waals surface area contributed by atoms with Crippen molar-refractivity contribution in [2.24, 2.45) is 10.7 Å². The topological polar surface area (TPSA) is 50.8 Å². The number of hydrogen-bond acceptors (Lipinski definition) is 2. The molecule has 0 saturated carbocycles. The van der Waals surface area contributed by atoms with E-state index in [2.05, 4.69) is 18.8 Å². The highest BCUT2D eigenvalue weighted by molar-refractivity contribution is 6.30. The zero-order chi connectivity index (χ0) is 14.3. The van der Waals surface area contributed by atoms with Gasteiger partial charge in [-0.3, -0.25) is 0 Å². The van der Waals surface area contributed by atoms with Crippen molar-refractivity contribution in [1.82, 2.24) is 4.90 Å². The molecule has 0 spiro atoms. The van der Waals surface area contributed by atoms with E-state index >= 15 is 0 Å². The third kappa shape index (κ3) is 5.39. The molecular formula is C14H22ClN3O. The third-order valence-corrected chi connectivity index (χ3v) is 2.97. The van der Waals surface area contributed by atoms with Crippen LogP contribution in [0.3, 0.4) is 0 Å². The Bertz CT molecular complexity index is 419. The van der Waals surface area contributed by atoms with Crippen LogP contribution in [0.2, 0.25) is 5.02 Å². The molecular weight excluding hydrogens is 262 g/mol. The Morgan fingerprint density at radius 2 is 2.11 bits per heavy atom. The van der Waals surface area contributed by atoms with Gasteiger partial charge in [0.25, 0.3) is 0 Å². The molecule has 1 aromatic carbocycles. The Balaban J connectivity index is 2.51. The van der Waals surface area contributed by atoms with Gasteiger partial charge in [-0.15, -0.1) is 0 Å². The van der Waals surface area contributed by atoms with Crippen LogP contribution >= 0.6 is 11.6 Å². The molecule has 0 radical (unpaired) electrons. The fourth-order valence-electron chi connectivity index (χ4n) is 1.68. The van der Waals surface area contributed by atoms with Crippen LogP contribution in [0.15, 0.2) is 29.3 Å². The minimum Gasteiger partial charge on any atom is -0.489 e. The van der Waals surface area contributed by atoms with Crippen LogP contribution in [0.4, 0.5) is 0 Å². The molecule has 0 heterocycles. The predicted molar refractivity (Wildman–Crippen MR) is 81.0 cm³/mol. The molecule has 0 aliphatic rings. The minimum atomic E-state index is -0.0485. The van der Waals surface area contributed by atoms with E-state index in [1.807, 2.05) is 30.0 Å². The Labute approximate surface area is 120 Å².